The minimum Gasteiger partial charge on any atom is -0.494 e. The van der Waals surface area contributed by atoms with E-state index in [1.54, 1.807) is 0 Å². The molecule has 1 fully saturated rings. The molecule has 0 amide bonds. The maximum absolute atomic E-state index is 5.46. The van der Waals surface area contributed by atoms with Gasteiger partial charge in [-0.15, -0.1) is 0 Å². The molecule has 2 rings (SSSR count). The summed E-state index contributed by atoms with van der Waals surface area (Å²) in [6, 6.07) is 6.62. The van der Waals surface area contributed by atoms with Crippen molar-refractivity contribution in [3.63, 3.8) is 0 Å². The van der Waals surface area contributed by atoms with Gasteiger partial charge in [0.1, 0.15) is 5.75 Å². The molecule has 3 nitrogen and oxygen atoms in total. The molecule has 1 saturated heterocycles. The zero-order chi connectivity index (χ0) is 11.4. The first-order valence-electron chi connectivity index (χ1n) is 5.87. The van der Waals surface area contributed by atoms with Crippen LogP contribution in [0.25, 0.3) is 0 Å². The molecule has 1 unspecified atom stereocenters. The molecule has 1 aromatic carbocycles. The molecular weight excluding hydrogens is 202 g/mol. The van der Waals surface area contributed by atoms with E-state index in [4.69, 9.17) is 9.47 Å². The van der Waals surface area contributed by atoms with Crippen molar-refractivity contribution in [1.29, 1.82) is 0 Å². The predicted molar refractivity (Wildman–Crippen MR) is 65.2 cm³/mol. The molecule has 0 saturated carbocycles. The highest BCUT2D eigenvalue weighted by molar-refractivity contribution is 5.54. The fourth-order valence-electron chi connectivity index (χ4n) is 1.92. The van der Waals surface area contributed by atoms with Crippen molar-refractivity contribution in [2.24, 2.45) is 0 Å². The maximum atomic E-state index is 5.46. The summed E-state index contributed by atoms with van der Waals surface area (Å²) < 4.78 is 10.8. The lowest BCUT2D eigenvalue weighted by molar-refractivity contribution is 0.195. The van der Waals surface area contributed by atoms with E-state index in [0.717, 1.165) is 25.4 Å². The summed E-state index contributed by atoms with van der Waals surface area (Å²) >= 11 is 0. The molecule has 1 aromatic rings. The largest absolute Gasteiger partial charge is 0.494 e. The highest BCUT2D eigenvalue weighted by Gasteiger charge is 2.15. The molecule has 0 radical (unpaired) electrons. The second-order valence-corrected chi connectivity index (χ2v) is 4.11. The van der Waals surface area contributed by atoms with Gasteiger partial charge >= 0.3 is 0 Å². The second-order valence-electron chi connectivity index (χ2n) is 4.11. The van der Waals surface area contributed by atoms with Gasteiger partial charge in [0.25, 0.3) is 0 Å². The minimum absolute atomic E-state index is 0.455. The molecule has 0 aliphatic carbocycles. The van der Waals surface area contributed by atoms with Crippen molar-refractivity contribution in [3.05, 3.63) is 23.8 Å². The topological polar surface area (TPSA) is 30.5 Å². The molecule has 88 valence electrons. The highest BCUT2D eigenvalue weighted by Crippen LogP contribution is 2.23. The minimum atomic E-state index is 0.455. The first kappa shape index (κ1) is 11.3. The maximum Gasteiger partial charge on any atom is 0.119 e. The molecule has 16 heavy (non-hydrogen) atoms. The van der Waals surface area contributed by atoms with Gasteiger partial charge in [-0.05, 0) is 44.0 Å². The quantitative estimate of drug-likeness (QED) is 0.847. The summed E-state index contributed by atoms with van der Waals surface area (Å²) in [4.78, 5) is 0. The first-order valence-corrected chi connectivity index (χ1v) is 5.87. The van der Waals surface area contributed by atoms with Crippen LogP contribution < -0.4 is 10.1 Å². The van der Waals surface area contributed by atoms with Crippen LogP contribution in [-0.4, -0.2) is 25.9 Å². The Bertz CT molecular complexity index is 346. The molecule has 1 aliphatic heterocycles. The third kappa shape index (κ3) is 2.67. The normalized spacial score (nSPS) is 19.8. The second kappa shape index (κ2) is 5.21. The number of aryl methyl sites for hydroxylation is 1. The third-order valence-corrected chi connectivity index (χ3v) is 2.80. The van der Waals surface area contributed by atoms with Crippen molar-refractivity contribution in [2.45, 2.75) is 26.3 Å². The van der Waals surface area contributed by atoms with Crippen LogP contribution in [0.3, 0.4) is 0 Å². The van der Waals surface area contributed by atoms with Crippen molar-refractivity contribution in [2.75, 3.05) is 25.1 Å². The lowest BCUT2D eigenvalue weighted by Gasteiger charge is -2.15. The standard InChI is InChI=1S/C13H19NO2/c1-3-16-12-4-5-13(10(2)8-12)14-11-6-7-15-9-11/h4-5,8,11,14H,3,6-7,9H2,1-2H3. The molecule has 3 heteroatoms. The Morgan fingerprint density at radius 1 is 1.50 bits per heavy atom. The number of hydrogen-bond acceptors (Lipinski definition) is 3. The third-order valence-electron chi connectivity index (χ3n) is 2.80. The Hall–Kier alpha value is -1.22. The van der Waals surface area contributed by atoms with Gasteiger partial charge in [0, 0.05) is 12.3 Å². The van der Waals surface area contributed by atoms with Crippen LogP contribution in [0.4, 0.5) is 5.69 Å². The Labute approximate surface area is 96.8 Å². The van der Waals surface area contributed by atoms with E-state index < -0.39 is 0 Å². The van der Waals surface area contributed by atoms with Gasteiger partial charge in [-0.2, -0.15) is 0 Å². The zero-order valence-corrected chi connectivity index (χ0v) is 9.95. The van der Waals surface area contributed by atoms with Gasteiger partial charge in [-0.25, -0.2) is 0 Å². The number of hydrogen-bond donors (Lipinski definition) is 1. The van der Waals surface area contributed by atoms with E-state index in [1.807, 2.05) is 13.0 Å². The van der Waals surface area contributed by atoms with Gasteiger partial charge < -0.3 is 14.8 Å². The van der Waals surface area contributed by atoms with E-state index in [1.165, 1.54) is 11.3 Å². The molecule has 0 spiro atoms. The number of benzene rings is 1. The SMILES string of the molecule is CCOc1ccc(NC2CCOC2)c(C)c1. The van der Waals surface area contributed by atoms with Crippen molar-refractivity contribution in [1.82, 2.24) is 0 Å². The summed E-state index contributed by atoms with van der Waals surface area (Å²) in [5.74, 6) is 0.938. The van der Waals surface area contributed by atoms with Gasteiger partial charge in [-0.3, -0.25) is 0 Å². The van der Waals surface area contributed by atoms with Crippen molar-refractivity contribution >= 4 is 5.69 Å². The van der Waals surface area contributed by atoms with Crippen LogP contribution >= 0.6 is 0 Å². The lowest BCUT2D eigenvalue weighted by Crippen LogP contribution is -2.19. The Balaban J connectivity index is 2.03. The summed E-state index contributed by atoms with van der Waals surface area (Å²) in [6.07, 6.45) is 1.09. The van der Waals surface area contributed by atoms with Crippen LogP contribution in [-0.2, 0) is 4.74 Å². The average Bonchev–Trinajstić information content (AvgIpc) is 2.75. The molecular formula is C13H19NO2. The van der Waals surface area contributed by atoms with Gasteiger partial charge in [-0.1, -0.05) is 0 Å². The summed E-state index contributed by atoms with van der Waals surface area (Å²) in [5.41, 5.74) is 2.40. The lowest BCUT2D eigenvalue weighted by atomic mass is 10.1. The molecule has 1 N–H and O–H groups in total. The van der Waals surface area contributed by atoms with Crippen molar-refractivity contribution < 1.29 is 9.47 Å². The molecule has 1 atom stereocenters. The van der Waals surface area contributed by atoms with Gasteiger partial charge in [0.15, 0.2) is 0 Å². The number of nitrogens with one attached hydrogen (secondary N) is 1. The molecule has 1 heterocycles. The van der Waals surface area contributed by atoms with Crippen molar-refractivity contribution in [3.8, 4) is 5.75 Å². The average molecular weight is 221 g/mol. The Kier molecular flexibility index (Phi) is 3.67. The van der Waals surface area contributed by atoms with E-state index in [-0.39, 0.29) is 0 Å². The smallest absolute Gasteiger partial charge is 0.119 e. The zero-order valence-electron chi connectivity index (χ0n) is 9.95. The van der Waals surface area contributed by atoms with E-state index in [0.29, 0.717) is 12.6 Å². The number of anilines is 1. The summed E-state index contributed by atoms with van der Waals surface area (Å²) in [7, 11) is 0. The fourth-order valence-corrected chi connectivity index (χ4v) is 1.92. The molecule has 0 aromatic heterocycles. The van der Waals surface area contributed by atoms with Gasteiger partial charge in [0.2, 0.25) is 0 Å². The monoisotopic (exact) mass is 221 g/mol. The molecule has 1 aliphatic rings. The Morgan fingerprint density at radius 2 is 2.38 bits per heavy atom. The van der Waals surface area contributed by atoms with Crippen LogP contribution in [0, 0.1) is 6.92 Å². The number of ether oxygens (including phenoxy) is 2. The summed E-state index contributed by atoms with van der Waals surface area (Å²) in [5, 5.41) is 3.50. The Morgan fingerprint density at radius 3 is 3.00 bits per heavy atom. The molecule has 0 bridgehead atoms. The van der Waals surface area contributed by atoms with E-state index in [2.05, 4.69) is 24.4 Å². The fraction of sp³-hybridized carbons (Fsp3) is 0.538. The van der Waals surface area contributed by atoms with Crippen LogP contribution in [0.5, 0.6) is 5.75 Å². The highest BCUT2D eigenvalue weighted by atomic mass is 16.5. The van der Waals surface area contributed by atoms with Crippen LogP contribution in [0.2, 0.25) is 0 Å². The first-order chi connectivity index (χ1) is 7.79. The predicted octanol–water partition coefficient (Wildman–Crippen LogP) is 2.59. The van der Waals surface area contributed by atoms with Gasteiger partial charge in [0.05, 0.1) is 19.3 Å². The van der Waals surface area contributed by atoms with E-state index >= 15 is 0 Å². The number of rotatable bonds is 4. The van der Waals surface area contributed by atoms with E-state index in [9.17, 15) is 0 Å². The summed E-state index contributed by atoms with van der Waals surface area (Å²) in [6.45, 7) is 6.49. The van der Waals surface area contributed by atoms with Crippen LogP contribution in [0.15, 0.2) is 18.2 Å². The van der Waals surface area contributed by atoms with Crippen LogP contribution in [0.1, 0.15) is 18.9 Å².